The maximum atomic E-state index is 11.6. The van der Waals surface area contributed by atoms with Crippen molar-refractivity contribution in [1.29, 1.82) is 0 Å². The van der Waals surface area contributed by atoms with Crippen molar-refractivity contribution in [2.45, 2.75) is 25.4 Å². The van der Waals surface area contributed by atoms with E-state index in [9.17, 15) is 4.79 Å². The third-order valence-electron chi connectivity index (χ3n) is 2.40. The number of pyridine rings is 1. The summed E-state index contributed by atoms with van der Waals surface area (Å²) in [5.74, 6) is 0.635. The van der Waals surface area contributed by atoms with Crippen molar-refractivity contribution in [3.63, 3.8) is 0 Å². The Kier molecular flexibility index (Phi) is 3.17. The lowest BCUT2D eigenvalue weighted by molar-refractivity contribution is -0.127. The lowest BCUT2D eigenvalue weighted by Gasteiger charge is -2.15. The van der Waals surface area contributed by atoms with Gasteiger partial charge in [0.25, 0.3) is 5.91 Å². The van der Waals surface area contributed by atoms with Crippen LogP contribution in [-0.2, 0) is 4.79 Å². The van der Waals surface area contributed by atoms with Gasteiger partial charge in [-0.15, -0.1) is 0 Å². The van der Waals surface area contributed by atoms with Gasteiger partial charge in [0.2, 0.25) is 0 Å². The second kappa shape index (κ2) is 4.77. The Morgan fingerprint density at radius 3 is 3.20 bits per heavy atom. The standard InChI is InChI=1S/C11H14N2O2/c14-11-10(5-1-2-7-13-11)15-9-4-3-6-12-8-9/h3-4,6,8,10H,1-2,5,7H2,(H,13,14). The average molecular weight is 206 g/mol. The quantitative estimate of drug-likeness (QED) is 0.789. The van der Waals surface area contributed by atoms with E-state index in [1.807, 2.05) is 6.07 Å². The van der Waals surface area contributed by atoms with E-state index in [-0.39, 0.29) is 12.0 Å². The van der Waals surface area contributed by atoms with Crippen LogP contribution in [0.15, 0.2) is 24.5 Å². The molecule has 80 valence electrons. The van der Waals surface area contributed by atoms with Crippen molar-refractivity contribution in [2.24, 2.45) is 0 Å². The van der Waals surface area contributed by atoms with Gasteiger partial charge in [0.15, 0.2) is 6.10 Å². The lowest BCUT2D eigenvalue weighted by atomic mass is 10.2. The second-order valence-electron chi connectivity index (χ2n) is 3.58. The first-order chi connectivity index (χ1) is 7.36. The number of carbonyl (C=O) groups excluding carboxylic acids is 1. The molecule has 1 aromatic rings. The van der Waals surface area contributed by atoms with Crippen molar-refractivity contribution in [1.82, 2.24) is 10.3 Å². The molecule has 4 heteroatoms. The number of rotatable bonds is 2. The number of hydrogen-bond donors (Lipinski definition) is 1. The SMILES string of the molecule is O=C1NCCCCC1Oc1cccnc1. The predicted molar refractivity (Wildman–Crippen MR) is 55.5 cm³/mol. The number of amides is 1. The average Bonchev–Trinajstić information content (AvgIpc) is 2.46. The Hall–Kier alpha value is -1.58. The fourth-order valence-electron chi connectivity index (χ4n) is 1.60. The van der Waals surface area contributed by atoms with Gasteiger partial charge < -0.3 is 10.1 Å². The molecule has 0 saturated carbocycles. The molecule has 0 spiro atoms. The molecule has 0 aliphatic carbocycles. The number of nitrogens with zero attached hydrogens (tertiary/aromatic N) is 1. The number of hydrogen-bond acceptors (Lipinski definition) is 3. The van der Waals surface area contributed by atoms with Gasteiger partial charge in [-0.05, 0) is 31.4 Å². The van der Waals surface area contributed by atoms with Gasteiger partial charge in [-0.3, -0.25) is 9.78 Å². The first-order valence-electron chi connectivity index (χ1n) is 5.20. The van der Waals surface area contributed by atoms with Crippen LogP contribution < -0.4 is 10.1 Å². The highest BCUT2D eigenvalue weighted by Crippen LogP contribution is 2.14. The molecule has 2 heterocycles. The van der Waals surface area contributed by atoms with Gasteiger partial charge in [-0.25, -0.2) is 0 Å². The Bertz CT molecular complexity index is 327. The van der Waals surface area contributed by atoms with Crippen molar-refractivity contribution in [3.05, 3.63) is 24.5 Å². The summed E-state index contributed by atoms with van der Waals surface area (Å²) in [6, 6.07) is 3.61. The van der Waals surface area contributed by atoms with Crippen molar-refractivity contribution < 1.29 is 9.53 Å². The van der Waals surface area contributed by atoms with Gasteiger partial charge >= 0.3 is 0 Å². The zero-order valence-corrected chi connectivity index (χ0v) is 8.48. The van der Waals surface area contributed by atoms with Crippen molar-refractivity contribution in [3.8, 4) is 5.75 Å². The summed E-state index contributed by atoms with van der Waals surface area (Å²) in [7, 11) is 0. The first kappa shape index (κ1) is 9.96. The maximum absolute atomic E-state index is 11.6. The Morgan fingerprint density at radius 1 is 1.47 bits per heavy atom. The molecule has 1 unspecified atom stereocenters. The fourth-order valence-corrected chi connectivity index (χ4v) is 1.60. The summed E-state index contributed by atoms with van der Waals surface area (Å²) < 4.78 is 5.57. The Balaban J connectivity index is 2.01. The van der Waals surface area contributed by atoms with Crippen LogP contribution in [0.25, 0.3) is 0 Å². The molecule has 4 nitrogen and oxygen atoms in total. The number of nitrogens with one attached hydrogen (secondary N) is 1. The molecule has 1 aromatic heterocycles. The minimum atomic E-state index is -0.364. The van der Waals surface area contributed by atoms with Crippen molar-refractivity contribution in [2.75, 3.05) is 6.54 Å². The molecular weight excluding hydrogens is 192 g/mol. The van der Waals surface area contributed by atoms with Gasteiger partial charge in [0.05, 0.1) is 6.20 Å². The maximum Gasteiger partial charge on any atom is 0.261 e. The van der Waals surface area contributed by atoms with E-state index in [0.29, 0.717) is 5.75 Å². The summed E-state index contributed by atoms with van der Waals surface area (Å²) in [5.41, 5.74) is 0. The largest absolute Gasteiger partial charge is 0.479 e. The van der Waals surface area contributed by atoms with E-state index in [2.05, 4.69) is 10.3 Å². The fraction of sp³-hybridized carbons (Fsp3) is 0.455. The highest BCUT2D eigenvalue weighted by Gasteiger charge is 2.21. The molecule has 2 rings (SSSR count). The van der Waals surface area contributed by atoms with Crippen LogP contribution in [0.5, 0.6) is 5.75 Å². The third-order valence-corrected chi connectivity index (χ3v) is 2.40. The van der Waals surface area contributed by atoms with E-state index in [4.69, 9.17) is 4.74 Å². The summed E-state index contributed by atoms with van der Waals surface area (Å²) >= 11 is 0. The van der Waals surface area contributed by atoms with Gasteiger partial charge in [-0.1, -0.05) is 0 Å². The molecule has 1 fully saturated rings. The van der Waals surface area contributed by atoms with Gasteiger partial charge in [0, 0.05) is 12.7 Å². The molecule has 0 radical (unpaired) electrons. The minimum absolute atomic E-state index is 0.0173. The molecule has 0 bridgehead atoms. The molecule has 1 amide bonds. The zero-order chi connectivity index (χ0) is 10.5. The van der Waals surface area contributed by atoms with Crippen LogP contribution in [0.2, 0.25) is 0 Å². The van der Waals surface area contributed by atoms with Crippen LogP contribution in [0.1, 0.15) is 19.3 Å². The second-order valence-corrected chi connectivity index (χ2v) is 3.58. The van der Waals surface area contributed by atoms with Gasteiger partial charge in [-0.2, -0.15) is 0 Å². The van der Waals surface area contributed by atoms with E-state index in [1.165, 1.54) is 0 Å². The van der Waals surface area contributed by atoms with Crippen LogP contribution >= 0.6 is 0 Å². The Labute approximate surface area is 88.7 Å². The highest BCUT2D eigenvalue weighted by molar-refractivity contribution is 5.81. The smallest absolute Gasteiger partial charge is 0.261 e. The van der Waals surface area contributed by atoms with Crippen LogP contribution in [0.4, 0.5) is 0 Å². The monoisotopic (exact) mass is 206 g/mol. The first-order valence-corrected chi connectivity index (χ1v) is 5.20. The normalized spacial score (nSPS) is 21.6. The summed E-state index contributed by atoms with van der Waals surface area (Å²) in [6.07, 6.45) is 5.76. The molecule has 15 heavy (non-hydrogen) atoms. The van der Waals surface area contributed by atoms with E-state index >= 15 is 0 Å². The minimum Gasteiger partial charge on any atom is -0.479 e. The highest BCUT2D eigenvalue weighted by atomic mass is 16.5. The molecule has 1 aliphatic heterocycles. The van der Waals surface area contributed by atoms with E-state index in [0.717, 1.165) is 25.8 Å². The number of aromatic nitrogens is 1. The van der Waals surface area contributed by atoms with Crippen LogP contribution in [-0.4, -0.2) is 23.5 Å². The summed E-state index contributed by atoms with van der Waals surface area (Å²) in [4.78, 5) is 15.5. The lowest BCUT2D eigenvalue weighted by Crippen LogP contribution is -2.36. The zero-order valence-electron chi connectivity index (χ0n) is 8.48. The third kappa shape index (κ3) is 2.68. The number of ether oxygens (including phenoxy) is 1. The molecule has 1 N–H and O–H groups in total. The molecule has 1 aliphatic rings. The molecule has 0 aromatic carbocycles. The van der Waals surface area contributed by atoms with Gasteiger partial charge in [0.1, 0.15) is 5.75 Å². The summed E-state index contributed by atoms with van der Waals surface area (Å²) in [5, 5.41) is 2.83. The predicted octanol–water partition coefficient (Wildman–Crippen LogP) is 1.13. The summed E-state index contributed by atoms with van der Waals surface area (Å²) in [6.45, 7) is 0.756. The Morgan fingerprint density at radius 2 is 2.40 bits per heavy atom. The van der Waals surface area contributed by atoms with E-state index in [1.54, 1.807) is 18.5 Å². The molecular formula is C11H14N2O2. The molecule has 1 saturated heterocycles. The van der Waals surface area contributed by atoms with Crippen molar-refractivity contribution >= 4 is 5.91 Å². The van der Waals surface area contributed by atoms with E-state index < -0.39 is 0 Å². The van der Waals surface area contributed by atoms with Crippen LogP contribution in [0.3, 0.4) is 0 Å². The van der Waals surface area contributed by atoms with Crippen LogP contribution in [0, 0.1) is 0 Å². The topological polar surface area (TPSA) is 51.2 Å². The molecule has 1 atom stereocenters. The number of carbonyl (C=O) groups is 1.